The summed E-state index contributed by atoms with van der Waals surface area (Å²) in [6, 6.07) is 25.0. The zero-order valence-corrected chi connectivity index (χ0v) is 22.5. The lowest BCUT2D eigenvalue weighted by Gasteiger charge is -2.25. The first-order valence-electron chi connectivity index (χ1n) is 12.7. The third-order valence-corrected chi connectivity index (χ3v) is 5.88. The molecule has 1 atom stereocenters. The van der Waals surface area contributed by atoms with Crippen molar-refractivity contribution < 1.29 is 19.2 Å². The number of pyridine rings is 1. The molecule has 1 heterocycles. The molecule has 0 bridgehead atoms. The standard InChI is InChI=1S/C31H30N4O5/c1-31(2,3)40-30(37)28(20-24-8-6-7-19-32-24)33-22-13-15-23(16-14-22)34-29(36)27-10-5-4-9-26(27)21-11-17-25(18-12-21)35(38)39/h4-19,28,33H,20H2,1-3H3,(H,34,36). The van der Waals surface area contributed by atoms with Crippen LogP contribution in [0.1, 0.15) is 36.8 Å². The number of rotatable bonds is 9. The van der Waals surface area contributed by atoms with Crippen LogP contribution in [0.25, 0.3) is 11.1 Å². The van der Waals surface area contributed by atoms with Gasteiger partial charge in [0.05, 0.1) is 4.92 Å². The summed E-state index contributed by atoms with van der Waals surface area (Å²) in [4.78, 5) is 41.0. The predicted octanol–water partition coefficient (Wildman–Crippen LogP) is 6.27. The van der Waals surface area contributed by atoms with Crippen LogP contribution in [0.15, 0.2) is 97.2 Å². The molecular weight excluding hydrogens is 508 g/mol. The summed E-state index contributed by atoms with van der Waals surface area (Å²) >= 11 is 0. The number of carbonyl (C=O) groups excluding carboxylic acids is 2. The maximum atomic E-state index is 13.2. The lowest BCUT2D eigenvalue weighted by atomic mass is 9.99. The van der Waals surface area contributed by atoms with Gasteiger partial charge >= 0.3 is 5.97 Å². The summed E-state index contributed by atoms with van der Waals surface area (Å²) in [7, 11) is 0. The van der Waals surface area contributed by atoms with Gasteiger partial charge in [-0.3, -0.25) is 19.9 Å². The molecule has 1 aromatic heterocycles. The van der Waals surface area contributed by atoms with Crippen molar-refractivity contribution >= 4 is 28.9 Å². The highest BCUT2D eigenvalue weighted by Gasteiger charge is 2.26. The number of hydrogen-bond acceptors (Lipinski definition) is 7. The lowest BCUT2D eigenvalue weighted by molar-refractivity contribution is -0.384. The Morgan fingerprint density at radius 2 is 1.55 bits per heavy atom. The summed E-state index contributed by atoms with van der Waals surface area (Å²) in [5, 5.41) is 17.1. The molecule has 1 unspecified atom stereocenters. The number of benzene rings is 3. The minimum atomic E-state index is -0.664. The SMILES string of the molecule is CC(C)(C)OC(=O)C(Cc1ccccn1)Nc1ccc(NC(=O)c2ccccc2-c2ccc([N+](=O)[O-])cc2)cc1. The van der Waals surface area contributed by atoms with E-state index in [1.807, 2.05) is 39.0 Å². The molecule has 0 saturated heterocycles. The molecule has 0 fully saturated rings. The molecule has 9 heteroatoms. The molecule has 4 rings (SSSR count). The first-order valence-corrected chi connectivity index (χ1v) is 12.7. The molecule has 0 aliphatic carbocycles. The second-order valence-electron chi connectivity index (χ2n) is 10.1. The molecule has 4 aromatic rings. The Labute approximate surface area is 232 Å². The Morgan fingerprint density at radius 3 is 2.17 bits per heavy atom. The average molecular weight is 539 g/mol. The van der Waals surface area contributed by atoms with Gasteiger partial charge in [0.15, 0.2) is 0 Å². The van der Waals surface area contributed by atoms with Crippen LogP contribution in [0, 0.1) is 10.1 Å². The van der Waals surface area contributed by atoms with Gasteiger partial charge in [0, 0.05) is 47.4 Å². The van der Waals surface area contributed by atoms with Gasteiger partial charge < -0.3 is 15.4 Å². The van der Waals surface area contributed by atoms with Crippen LogP contribution in [0.4, 0.5) is 17.1 Å². The fraction of sp³-hybridized carbons (Fsp3) is 0.194. The lowest BCUT2D eigenvalue weighted by Crippen LogP contribution is -2.38. The maximum Gasteiger partial charge on any atom is 0.329 e. The highest BCUT2D eigenvalue weighted by molar-refractivity contribution is 6.08. The monoisotopic (exact) mass is 538 g/mol. The molecule has 40 heavy (non-hydrogen) atoms. The molecule has 0 spiro atoms. The predicted molar refractivity (Wildman–Crippen MR) is 154 cm³/mol. The van der Waals surface area contributed by atoms with E-state index < -0.39 is 22.5 Å². The zero-order chi connectivity index (χ0) is 28.7. The largest absolute Gasteiger partial charge is 0.458 e. The van der Waals surface area contributed by atoms with E-state index >= 15 is 0 Å². The molecule has 0 saturated carbocycles. The number of non-ortho nitro benzene ring substituents is 1. The van der Waals surface area contributed by atoms with Crippen LogP contribution in [-0.2, 0) is 16.0 Å². The number of anilines is 2. The van der Waals surface area contributed by atoms with Crippen LogP contribution in [0.3, 0.4) is 0 Å². The molecular formula is C31H30N4O5. The van der Waals surface area contributed by atoms with E-state index in [2.05, 4.69) is 15.6 Å². The minimum Gasteiger partial charge on any atom is -0.458 e. The quantitative estimate of drug-likeness (QED) is 0.146. The summed E-state index contributed by atoms with van der Waals surface area (Å²) in [5.74, 6) is -0.713. The van der Waals surface area contributed by atoms with Crippen molar-refractivity contribution in [2.45, 2.75) is 38.8 Å². The van der Waals surface area contributed by atoms with Crippen LogP contribution in [0.2, 0.25) is 0 Å². The summed E-state index contributed by atoms with van der Waals surface area (Å²) in [6.45, 7) is 5.46. The number of hydrogen-bond donors (Lipinski definition) is 2. The highest BCUT2D eigenvalue weighted by Crippen LogP contribution is 2.27. The Hall–Kier alpha value is -5.05. The van der Waals surface area contributed by atoms with Crippen LogP contribution >= 0.6 is 0 Å². The van der Waals surface area contributed by atoms with Gasteiger partial charge in [0.2, 0.25) is 0 Å². The maximum absolute atomic E-state index is 13.2. The second kappa shape index (κ2) is 12.2. The van der Waals surface area contributed by atoms with Gasteiger partial charge in [0.25, 0.3) is 11.6 Å². The first-order chi connectivity index (χ1) is 19.1. The molecule has 0 radical (unpaired) electrons. The number of nitrogens with one attached hydrogen (secondary N) is 2. The van der Waals surface area contributed by atoms with Crippen LogP contribution < -0.4 is 10.6 Å². The molecule has 2 N–H and O–H groups in total. The van der Waals surface area contributed by atoms with Gasteiger partial charge in [-0.2, -0.15) is 0 Å². The van der Waals surface area contributed by atoms with Crippen molar-refractivity contribution in [2.75, 3.05) is 10.6 Å². The van der Waals surface area contributed by atoms with Crippen molar-refractivity contribution in [3.8, 4) is 11.1 Å². The number of amides is 1. The van der Waals surface area contributed by atoms with E-state index in [1.165, 1.54) is 12.1 Å². The number of nitrogens with zero attached hydrogens (tertiary/aromatic N) is 2. The van der Waals surface area contributed by atoms with E-state index in [9.17, 15) is 19.7 Å². The van der Waals surface area contributed by atoms with Crippen molar-refractivity contribution in [1.29, 1.82) is 0 Å². The van der Waals surface area contributed by atoms with E-state index in [0.29, 0.717) is 34.5 Å². The number of carbonyl (C=O) groups is 2. The molecule has 204 valence electrons. The number of ether oxygens (including phenoxy) is 1. The molecule has 9 nitrogen and oxygen atoms in total. The van der Waals surface area contributed by atoms with Crippen LogP contribution in [0.5, 0.6) is 0 Å². The van der Waals surface area contributed by atoms with Crippen molar-refractivity contribution in [2.24, 2.45) is 0 Å². The Bertz CT molecular complexity index is 1480. The van der Waals surface area contributed by atoms with Gasteiger partial charge in [-0.1, -0.05) is 24.3 Å². The van der Waals surface area contributed by atoms with Crippen molar-refractivity contribution in [3.63, 3.8) is 0 Å². The number of aromatic nitrogens is 1. The molecule has 0 aliphatic heterocycles. The van der Waals surface area contributed by atoms with Gasteiger partial charge in [0.1, 0.15) is 11.6 Å². The van der Waals surface area contributed by atoms with E-state index in [1.54, 1.807) is 66.9 Å². The highest BCUT2D eigenvalue weighted by atomic mass is 16.6. The second-order valence-corrected chi connectivity index (χ2v) is 10.1. The molecule has 1 amide bonds. The third kappa shape index (κ3) is 7.50. The van der Waals surface area contributed by atoms with E-state index in [4.69, 9.17) is 4.74 Å². The summed E-state index contributed by atoms with van der Waals surface area (Å²) in [5.41, 5.74) is 3.11. The summed E-state index contributed by atoms with van der Waals surface area (Å²) < 4.78 is 5.62. The smallest absolute Gasteiger partial charge is 0.329 e. The minimum absolute atomic E-state index is 0.0201. The summed E-state index contributed by atoms with van der Waals surface area (Å²) in [6.07, 6.45) is 2.02. The van der Waals surface area contributed by atoms with E-state index in [0.717, 1.165) is 5.69 Å². The fourth-order valence-electron chi connectivity index (χ4n) is 4.04. The van der Waals surface area contributed by atoms with Crippen molar-refractivity contribution in [1.82, 2.24) is 4.98 Å². The topological polar surface area (TPSA) is 123 Å². The normalized spacial score (nSPS) is 11.8. The number of nitro benzene ring substituents is 1. The molecule has 3 aromatic carbocycles. The third-order valence-electron chi connectivity index (χ3n) is 5.88. The zero-order valence-electron chi connectivity index (χ0n) is 22.5. The van der Waals surface area contributed by atoms with Gasteiger partial charge in [-0.25, -0.2) is 4.79 Å². The number of esters is 1. The Balaban J connectivity index is 1.48. The first kappa shape index (κ1) is 28.0. The van der Waals surface area contributed by atoms with Crippen molar-refractivity contribution in [3.05, 3.63) is 119 Å². The molecule has 0 aliphatic rings. The average Bonchev–Trinajstić information content (AvgIpc) is 2.93. The Morgan fingerprint density at radius 1 is 0.900 bits per heavy atom. The van der Waals surface area contributed by atoms with E-state index in [-0.39, 0.29) is 11.6 Å². The fourth-order valence-corrected chi connectivity index (χ4v) is 4.04. The van der Waals surface area contributed by atoms with Gasteiger partial charge in [-0.05, 0) is 86.5 Å². The van der Waals surface area contributed by atoms with Gasteiger partial charge in [-0.15, -0.1) is 0 Å². The number of nitro groups is 1. The van der Waals surface area contributed by atoms with Crippen LogP contribution in [-0.4, -0.2) is 33.4 Å². The Kier molecular flexibility index (Phi) is 8.54.